The van der Waals surface area contributed by atoms with E-state index >= 15 is 0 Å². The number of aldehydes is 2. The average molecular weight is 492 g/mol. The predicted octanol–water partition coefficient (Wildman–Crippen LogP) is 3.76. The fourth-order valence-electron chi connectivity index (χ4n) is 2.52. The minimum absolute atomic E-state index is 0.0327. The average Bonchev–Trinajstić information content (AvgIpc) is 2.76. The number of carboxylic acid groups (broad SMARTS) is 1. The molecule has 0 heterocycles. The number of benzene rings is 2. The number of hydrogen-bond acceptors (Lipinski definition) is 7. The van der Waals surface area contributed by atoms with Gasteiger partial charge in [0.15, 0.2) is 16.1 Å². The number of esters is 1. The Morgan fingerprint density at radius 1 is 0.939 bits per heavy atom. The van der Waals surface area contributed by atoms with Gasteiger partial charge < -0.3 is 9.84 Å². The van der Waals surface area contributed by atoms with Crippen LogP contribution in [0, 0.1) is 0 Å². The maximum Gasteiger partial charge on any atom is 0.338 e. The SMILES string of the molecule is COC(=O)c1cc(S(C)(=O)=O)c(C=O)cc1C(F)F.O=Cc1ccc(C(=O)O)c(C(F)F)c1. The first-order valence-corrected chi connectivity index (χ1v) is 10.5. The Bertz CT molecular complexity index is 1180. The largest absolute Gasteiger partial charge is 0.478 e. The van der Waals surface area contributed by atoms with Crippen molar-refractivity contribution in [3.05, 3.63) is 63.7 Å². The second kappa shape index (κ2) is 11.3. The summed E-state index contributed by atoms with van der Waals surface area (Å²) in [4.78, 5) is 42.4. The number of carbonyl (C=O) groups excluding carboxylic acids is 3. The number of aromatic carboxylic acids is 1. The zero-order valence-electron chi connectivity index (χ0n) is 16.9. The zero-order chi connectivity index (χ0) is 25.5. The van der Waals surface area contributed by atoms with Gasteiger partial charge in [-0.3, -0.25) is 9.59 Å². The molecule has 0 atom stereocenters. The van der Waals surface area contributed by atoms with Gasteiger partial charge in [-0.25, -0.2) is 35.6 Å². The van der Waals surface area contributed by atoms with Crippen LogP contribution in [-0.4, -0.2) is 51.4 Å². The van der Waals surface area contributed by atoms with Crippen LogP contribution in [0.2, 0.25) is 0 Å². The summed E-state index contributed by atoms with van der Waals surface area (Å²) in [6.07, 6.45) is -4.61. The van der Waals surface area contributed by atoms with Crippen molar-refractivity contribution in [1.29, 1.82) is 0 Å². The quantitative estimate of drug-likeness (QED) is 0.351. The molecule has 0 fully saturated rings. The summed E-state index contributed by atoms with van der Waals surface area (Å²) in [5.41, 5.74) is -2.84. The number of sulfone groups is 1. The lowest BCUT2D eigenvalue weighted by Crippen LogP contribution is -2.11. The van der Waals surface area contributed by atoms with E-state index in [9.17, 15) is 45.2 Å². The van der Waals surface area contributed by atoms with Crippen molar-refractivity contribution in [2.75, 3.05) is 13.4 Å². The van der Waals surface area contributed by atoms with Gasteiger partial charge in [0.25, 0.3) is 12.9 Å². The van der Waals surface area contributed by atoms with Crippen molar-refractivity contribution in [2.24, 2.45) is 0 Å². The number of hydrogen-bond donors (Lipinski definition) is 1. The van der Waals surface area contributed by atoms with Gasteiger partial charge in [0.05, 0.1) is 23.1 Å². The van der Waals surface area contributed by atoms with Gasteiger partial charge in [0, 0.05) is 28.5 Å². The molecule has 0 saturated heterocycles. The summed E-state index contributed by atoms with van der Waals surface area (Å²) in [7, 11) is -2.86. The Labute approximate surface area is 184 Å². The van der Waals surface area contributed by atoms with Crippen molar-refractivity contribution < 1.29 is 55.0 Å². The van der Waals surface area contributed by atoms with E-state index in [0.717, 1.165) is 31.6 Å². The van der Waals surface area contributed by atoms with Gasteiger partial charge in [-0.05, 0) is 24.3 Å². The van der Waals surface area contributed by atoms with Crippen LogP contribution in [0.4, 0.5) is 17.6 Å². The highest BCUT2D eigenvalue weighted by atomic mass is 32.2. The molecule has 0 aliphatic carbocycles. The maximum absolute atomic E-state index is 12.8. The molecule has 33 heavy (non-hydrogen) atoms. The van der Waals surface area contributed by atoms with Crippen LogP contribution in [0.5, 0.6) is 0 Å². The molecule has 0 unspecified atom stereocenters. The number of rotatable bonds is 7. The molecule has 8 nitrogen and oxygen atoms in total. The molecule has 13 heteroatoms. The Kier molecular flexibility index (Phi) is 9.40. The van der Waals surface area contributed by atoms with Crippen LogP contribution in [-0.2, 0) is 14.6 Å². The van der Waals surface area contributed by atoms with Crippen LogP contribution < -0.4 is 0 Å². The van der Waals surface area contributed by atoms with E-state index in [2.05, 4.69) is 4.74 Å². The Balaban J connectivity index is 0.000000346. The second-order valence-corrected chi connectivity index (χ2v) is 8.21. The molecule has 1 N–H and O–H groups in total. The summed E-state index contributed by atoms with van der Waals surface area (Å²) in [5.74, 6) is -2.53. The molecule has 0 aliphatic heterocycles. The molecule has 0 saturated carbocycles. The number of methoxy groups -OCH3 is 1. The van der Waals surface area contributed by atoms with Gasteiger partial charge >= 0.3 is 11.9 Å². The lowest BCUT2D eigenvalue weighted by atomic mass is 10.0. The van der Waals surface area contributed by atoms with Crippen molar-refractivity contribution in [2.45, 2.75) is 17.7 Å². The molecule has 2 aromatic rings. The number of carboxylic acids is 1. The summed E-state index contributed by atoms with van der Waals surface area (Å²) in [6.45, 7) is 0. The standard InChI is InChI=1S/C11H10F2O5S.C9H6F2O3/c1-18-11(15)8-4-9(19(2,16)17)6(5-14)3-7(8)10(12)13;10-8(11)7-3-5(4-12)1-2-6(7)9(13)14/h3-5,10H,1-2H3;1-4,8H,(H,13,14). The van der Waals surface area contributed by atoms with Crippen LogP contribution in [0.1, 0.15) is 65.4 Å². The normalized spacial score (nSPS) is 10.9. The molecule has 0 aliphatic rings. The lowest BCUT2D eigenvalue weighted by Gasteiger charge is -2.11. The van der Waals surface area contributed by atoms with Crippen LogP contribution in [0.3, 0.4) is 0 Å². The van der Waals surface area contributed by atoms with Crippen LogP contribution in [0.25, 0.3) is 0 Å². The van der Waals surface area contributed by atoms with Crippen molar-refractivity contribution in [1.82, 2.24) is 0 Å². The highest BCUT2D eigenvalue weighted by Crippen LogP contribution is 2.28. The summed E-state index contributed by atoms with van der Waals surface area (Å²) in [5, 5.41) is 8.56. The fraction of sp³-hybridized carbons (Fsp3) is 0.200. The summed E-state index contributed by atoms with van der Waals surface area (Å²) >= 11 is 0. The van der Waals surface area contributed by atoms with E-state index in [1.807, 2.05) is 0 Å². The number of halogens is 4. The predicted molar refractivity (Wildman–Crippen MR) is 105 cm³/mol. The summed E-state index contributed by atoms with van der Waals surface area (Å²) in [6, 6.07) is 4.46. The first kappa shape index (κ1) is 27.4. The topological polar surface area (TPSA) is 132 Å². The summed E-state index contributed by atoms with van der Waals surface area (Å²) < 4.78 is 77.5. The van der Waals surface area contributed by atoms with Crippen molar-refractivity contribution in [3.8, 4) is 0 Å². The Morgan fingerprint density at radius 3 is 1.88 bits per heavy atom. The Hall–Kier alpha value is -3.61. The molecule has 0 bridgehead atoms. The monoisotopic (exact) mass is 492 g/mol. The minimum Gasteiger partial charge on any atom is -0.478 e. The van der Waals surface area contributed by atoms with Gasteiger partial charge in [-0.15, -0.1) is 0 Å². The molecule has 0 aromatic heterocycles. The van der Waals surface area contributed by atoms with E-state index in [1.165, 1.54) is 6.07 Å². The van der Waals surface area contributed by atoms with Gasteiger partial charge in [0.2, 0.25) is 0 Å². The number of ether oxygens (including phenoxy) is 1. The molecular weight excluding hydrogens is 476 g/mol. The minimum atomic E-state index is -3.84. The van der Waals surface area contributed by atoms with Gasteiger partial charge in [-0.2, -0.15) is 0 Å². The number of alkyl halides is 4. The molecular formula is C20H16F4O8S. The van der Waals surface area contributed by atoms with E-state index in [0.29, 0.717) is 12.4 Å². The van der Waals surface area contributed by atoms with Gasteiger partial charge in [0.1, 0.15) is 6.29 Å². The van der Waals surface area contributed by atoms with E-state index < -0.39 is 67.3 Å². The highest BCUT2D eigenvalue weighted by molar-refractivity contribution is 7.90. The molecule has 0 spiro atoms. The third-order valence-corrected chi connectivity index (χ3v) is 5.18. The van der Waals surface area contributed by atoms with Gasteiger partial charge in [-0.1, -0.05) is 6.07 Å². The van der Waals surface area contributed by atoms with Crippen molar-refractivity contribution >= 4 is 34.3 Å². The molecule has 0 amide bonds. The fourth-order valence-corrected chi connectivity index (χ4v) is 3.39. The van der Waals surface area contributed by atoms with Crippen molar-refractivity contribution in [3.63, 3.8) is 0 Å². The molecule has 0 radical (unpaired) electrons. The zero-order valence-corrected chi connectivity index (χ0v) is 17.7. The van der Waals surface area contributed by atoms with Crippen LogP contribution in [0.15, 0.2) is 35.2 Å². The van der Waals surface area contributed by atoms with E-state index in [4.69, 9.17) is 5.11 Å². The highest BCUT2D eigenvalue weighted by Gasteiger charge is 2.25. The first-order valence-electron chi connectivity index (χ1n) is 8.58. The first-order chi connectivity index (χ1) is 15.3. The van der Waals surface area contributed by atoms with E-state index in [1.54, 1.807) is 0 Å². The Morgan fingerprint density at radius 2 is 1.48 bits per heavy atom. The smallest absolute Gasteiger partial charge is 0.338 e. The third-order valence-electron chi connectivity index (χ3n) is 4.03. The number of carbonyl (C=O) groups is 4. The van der Waals surface area contributed by atoms with E-state index in [-0.39, 0.29) is 11.8 Å². The lowest BCUT2D eigenvalue weighted by molar-refractivity contribution is 0.0588. The van der Waals surface area contributed by atoms with Crippen LogP contribution >= 0.6 is 0 Å². The third kappa shape index (κ3) is 6.94. The molecule has 178 valence electrons. The maximum atomic E-state index is 12.8. The molecule has 2 aromatic carbocycles. The second-order valence-electron chi connectivity index (χ2n) is 6.23. The molecule has 2 rings (SSSR count).